The van der Waals surface area contributed by atoms with Gasteiger partial charge in [-0.2, -0.15) is 0 Å². The standard InChI is InChI=1S/C15H21NO3S/c1-3-10-19-14-5-6-15-13(12-14)7-8-16(15)9-11-20(17,18)4-2/h5-8,12H,3-4,9-11H2,1-2H3. The molecule has 0 radical (unpaired) electrons. The van der Waals surface area contributed by atoms with Crippen molar-refractivity contribution in [2.24, 2.45) is 0 Å². The van der Waals surface area contributed by atoms with Crippen LogP contribution in [0.25, 0.3) is 10.9 Å². The minimum absolute atomic E-state index is 0.182. The van der Waals surface area contributed by atoms with Crippen molar-refractivity contribution in [3.63, 3.8) is 0 Å². The van der Waals surface area contributed by atoms with Crippen molar-refractivity contribution in [2.75, 3.05) is 18.1 Å². The lowest BCUT2D eigenvalue weighted by Crippen LogP contribution is -2.14. The molecule has 0 aliphatic carbocycles. The molecule has 0 N–H and O–H groups in total. The lowest BCUT2D eigenvalue weighted by atomic mass is 10.2. The summed E-state index contributed by atoms with van der Waals surface area (Å²) in [6, 6.07) is 7.91. The van der Waals surface area contributed by atoms with Crippen LogP contribution in [0.4, 0.5) is 0 Å². The second kappa shape index (κ2) is 6.31. The zero-order valence-corrected chi connectivity index (χ0v) is 12.8. The van der Waals surface area contributed by atoms with Gasteiger partial charge in [-0.3, -0.25) is 0 Å². The summed E-state index contributed by atoms with van der Waals surface area (Å²) in [5.74, 6) is 1.24. The highest BCUT2D eigenvalue weighted by Crippen LogP contribution is 2.22. The molecule has 0 aliphatic rings. The van der Waals surface area contributed by atoms with Gasteiger partial charge in [0.05, 0.1) is 12.4 Å². The Labute approximate surface area is 120 Å². The number of aromatic nitrogens is 1. The number of fused-ring (bicyclic) bond motifs is 1. The van der Waals surface area contributed by atoms with E-state index in [4.69, 9.17) is 4.74 Å². The SMILES string of the molecule is CCCOc1ccc2c(ccn2CCS(=O)(=O)CC)c1. The molecule has 1 aromatic heterocycles. The summed E-state index contributed by atoms with van der Waals surface area (Å²) in [6.07, 6.45) is 2.91. The van der Waals surface area contributed by atoms with Gasteiger partial charge in [-0.25, -0.2) is 8.42 Å². The van der Waals surface area contributed by atoms with Crippen molar-refractivity contribution in [2.45, 2.75) is 26.8 Å². The average molecular weight is 295 g/mol. The highest BCUT2D eigenvalue weighted by Gasteiger charge is 2.09. The number of nitrogens with zero attached hydrogens (tertiary/aromatic N) is 1. The predicted molar refractivity (Wildman–Crippen MR) is 82.1 cm³/mol. The minimum atomic E-state index is -2.93. The van der Waals surface area contributed by atoms with E-state index >= 15 is 0 Å². The fourth-order valence-electron chi connectivity index (χ4n) is 2.06. The molecule has 0 saturated heterocycles. The molecule has 2 rings (SSSR count). The van der Waals surface area contributed by atoms with Crippen molar-refractivity contribution >= 4 is 20.7 Å². The molecule has 5 heteroatoms. The van der Waals surface area contributed by atoms with E-state index in [2.05, 4.69) is 6.92 Å². The highest BCUT2D eigenvalue weighted by molar-refractivity contribution is 7.91. The number of aryl methyl sites for hydroxylation is 1. The third-order valence-corrected chi connectivity index (χ3v) is 4.98. The van der Waals surface area contributed by atoms with Crippen LogP contribution in [-0.2, 0) is 16.4 Å². The first-order chi connectivity index (χ1) is 9.55. The smallest absolute Gasteiger partial charge is 0.151 e. The van der Waals surface area contributed by atoms with E-state index < -0.39 is 9.84 Å². The van der Waals surface area contributed by atoms with Crippen LogP contribution in [0.15, 0.2) is 30.5 Å². The van der Waals surface area contributed by atoms with Gasteiger partial charge < -0.3 is 9.30 Å². The molecule has 4 nitrogen and oxygen atoms in total. The molecule has 2 aromatic rings. The van der Waals surface area contributed by atoms with E-state index in [-0.39, 0.29) is 11.5 Å². The monoisotopic (exact) mass is 295 g/mol. The number of benzene rings is 1. The molecular weight excluding hydrogens is 274 g/mol. The Balaban J connectivity index is 2.16. The van der Waals surface area contributed by atoms with Crippen molar-refractivity contribution in [3.05, 3.63) is 30.5 Å². The largest absolute Gasteiger partial charge is 0.494 e. The number of sulfone groups is 1. The quantitative estimate of drug-likeness (QED) is 0.789. The molecule has 1 heterocycles. The van der Waals surface area contributed by atoms with Crippen LogP contribution in [0.1, 0.15) is 20.3 Å². The average Bonchev–Trinajstić information content (AvgIpc) is 2.85. The lowest BCUT2D eigenvalue weighted by Gasteiger charge is -2.07. The van der Waals surface area contributed by atoms with Crippen LogP contribution in [0, 0.1) is 0 Å². The first-order valence-corrected chi connectivity index (χ1v) is 8.80. The first kappa shape index (κ1) is 14.9. The normalized spacial score (nSPS) is 11.9. The molecule has 0 saturated carbocycles. The molecule has 110 valence electrons. The van der Waals surface area contributed by atoms with Gasteiger partial charge in [0.15, 0.2) is 9.84 Å². The first-order valence-electron chi connectivity index (χ1n) is 6.98. The Bertz CT molecular complexity index is 673. The molecule has 0 fully saturated rings. The van der Waals surface area contributed by atoms with Gasteiger partial charge in [0.25, 0.3) is 0 Å². The second-order valence-electron chi connectivity index (χ2n) is 4.81. The van der Waals surface area contributed by atoms with Crippen molar-refractivity contribution in [1.82, 2.24) is 4.57 Å². The van der Waals surface area contributed by atoms with Crippen LogP contribution < -0.4 is 4.74 Å². The Morgan fingerprint density at radius 2 is 2.00 bits per heavy atom. The van der Waals surface area contributed by atoms with Crippen LogP contribution in [0.2, 0.25) is 0 Å². The molecule has 0 spiro atoms. The number of hydrogen-bond acceptors (Lipinski definition) is 3. The van der Waals surface area contributed by atoms with Crippen LogP contribution in [0.3, 0.4) is 0 Å². The molecular formula is C15H21NO3S. The Hall–Kier alpha value is -1.49. The maximum atomic E-state index is 11.6. The number of rotatable bonds is 7. The van der Waals surface area contributed by atoms with E-state index in [1.165, 1.54) is 0 Å². The Kier molecular flexibility index (Phi) is 4.70. The van der Waals surface area contributed by atoms with Gasteiger partial charge >= 0.3 is 0 Å². The number of hydrogen-bond donors (Lipinski definition) is 0. The third kappa shape index (κ3) is 3.54. The topological polar surface area (TPSA) is 48.3 Å². The highest BCUT2D eigenvalue weighted by atomic mass is 32.2. The summed E-state index contributed by atoms with van der Waals surface area (Å²) in [4.78, 5) is 0. The van der Waals surface area contributed by atoms with E-state index in [1.54, 1.807) is 6.92 Å². The molecule has 0 amide bonds. The molecule has 20 heavy (non-hydrogen) atoms. The summed E-state index contributed by atoms with van der Waals surface area (Å²) in [5, 5.41) is 1.08. The van der Waals surface area contributed by atoms with E-state index in [1.807, 2.05) is 35.0 Å². The van der Waals surface area contributed by atoms with Crippen molar-refractivity contribution in [1.29, 1.82) is 0 Å². The Morgan fingerprint density at radius 1 is 1.20 bits per heavy atom. The van der Waals surface area contributed by atoms with Crippen LogP contribution in [-0.4, -0.2) is 31.1 Å². The molecule has 0 atom stereocenters. The van der Waals surface area contributed by atoms with Gasteiger partial charge in [-0.1, -0.05) is 13.8 Å². The Morgan fingerprint density at radius 3 is 2.70 bits per heavy atom. The molecule has 0 unspecified atom stereocenters. The second-order valence-corrected chi connectivity index (χ2v) is 7.29. The summed E-state index contributed by atoms with van der Waals surface area (Å²) in [7, 11) is -2.93. The lowest BCUT2D eigenvalue weighted by molar-refractivity contribution is 0.318. The van der Waals surface area contributed by atoms with Crippen LogP contribution in [0.5, 0.6) is 5.75 Å². The maximum absolute atomic E-state index is 11.6. The summed E-state index contributed by atoms with van der Waals surface area (Å²) in [6.45, 7) is 4.96. The fraction of sp³-hybridized carbons (Fsp3) is 0.467. The van der Waals surface area contributed by atoms with Gasteiger partial charge in [0.2, 0.25) is 0 Å². The van der Waals surface area contributed by atoms with Gasteiger partial charge in [0.1, 0.15) is 5.75 Å². The van der Waals surface area contributed by atoms with Crippen molar-refractivity contribution < 1.29 is 13.2 Å². The van der Waals surface area contributed by atoms with Gasteiger partial charge in [0, 0.05) is 29.4 Å². The molecule has 0 bridgehead atoms. The van der Waals surface area contributed by atoms with Gasteiger partial charge in [-0.15, -0.1) is 0 Å². The number of ether oxygens (including phenoxy) is 1. The summed E-state index contributed by atoms with van der Waals surface area (Å²) < 4.78 is 30.7. The molecule has 1 aromatic carbocycles. The van der Waals surface area contributed by atoms with Gasteiger partial charge in [-0.05, 0) is 30.7 Å². The predicted octanol–water partition coefficient (Wildman–Crippen LogP) is 2.86. The third-order valence-electron chi connectivity index (χ3n) is 3.30. The fourth-order valence-corrected chi connectivity index (χ4v) is 2.83. The zero-order chi connectivity index (χ0) is 14.6. The summed E-state index contributed by atoms with van der Waals surface area (Å²) >= 11 is 0. The van der Waals surface area contributed by atoms with E-state index in [9.17, 15) is 8.42 Å². The van der Waals surface area contributed by atoms with Crippen LogP contribution >= 0.6 is 0 Å². The van der Waals surface area contributed by atoms with E-state index in [0.29, 0.717) is 13.2 Å². The maximum Gasteiger partial charge on any atom is 0.151 e. The van der Waals surface area contributed by atoms with E-state index in [0.717, 1.165) is 23.1 Å². The summed E-state index contributed by atoms with van der Waals surface area (Å²) in [5.41, 5.74) is 1.04. The molecule has 0 aliphatic heterocycles. The zero-order valence-electron chi connectivity index (χ0n) is 12.0. The van der Waals surface area contributed by atoms with Crippen molar-refractivity contribution in [3.8, 4) is 5.75 Å². The minimum Gasteiger partial charge on any atom is -0.494 e.